The van der Waals surface area contributed by atoms with E-state index in [-0.39, 0.29) is 22.8 Å². The summed E-state index contributed by atoms with van der Waals surface area (Å²) in [4.78, 5) is 13.9. The number of carbonyl (C=O) groups is 1. The molecule has 2 atom stereocenters. The lowest BCUT2D eigenvalue weighted by Crippen LogP contribution is -2.32. The number of amides is 1. The van der Waals surface area contributed by atoms with Gasteiger partial charge in [0.05, 0.1) is 16.6 Å². The lowest BCUT2D eigenvalue weighted by Gasteiger charge is -2.29. The minimum absolute atomic E-state index is 0.105. The second-order valence-electron chi connectivity index (χ2n) is 9.38. The van der Waals surface area contributed by atoms with E-state index in [1.165, 1.54) is 31.8 Å². The van der Waals surface area contributed by atoms with Crippen molar-refractivity contribution in [2.45, 2.75) is 30.2 Å². The van der Waals surface area contributed by atoms with Gasteiger partial charge in [-0.1, -0.05) is 60.7 Å². The van der Waals surface area contributed by atoms with Crippen molar-refractivity contribution in [1.82, 2.24) is 9.31 Å². The van der Waals surface area contributed by atoms with Gasteiger partial charge < -0.3 is 0 Å². The maximum absolute atomic E-state index is 13.8. The van der Waals surface area contributed by atoms with Crippen LogP contribution in [0.15, 0.2) is 100 Å². The Morgan fingerprint density at radius 3 is 2.22 bits per heavy atom. The van der Waals surface area contributed by atoms with Crippen molar-refractivity contribution >= 4 is 27.7 Å². The summed E-state index contributed by atoms with van der Waals surface area (Å²) < 4.78 is 26.1. The highest BCUT2D eigenvalue weighted by Crippen LogP contribution is 2.44. The zero-order valence-electron chi connectivity index (χ0n) is 20.4. The molecule has 7 heteroatoms. The van der Waals surface area contributed by atoms with Crippen LogP contribution in [0.25, 0.3) is 6.08 Å². The summed E-state index contributed by atoms with van der Waals surface area (Å²) in [6.45, 7) is 0. The van der Waals surface area contributed by atoms with Crippen LogP contribution >= 0.6 is 0 Å². The number of hydrazone groups is 1. The first-order valence-corrected chi connectivity index (χ1v) is 13.6. The molecule has 184 valence electrons. The van der Waals surface area contributed by atoms with Gasteiger partial charge in [0, 0.05) is 25.6 Å². The molecule has 0 saturated heterocycles. The molecule has 6 nitrogen and oxygen atoms in total. The molecule has 1 fully saturated rings. The lowest BCUT2D eigenvalue weighted by molar-refractivity contribution is 0.0680. The van der Waals surface area contributed by atoms with Crippen LogP contribution in [0.5, 0.6) is 0 Å². The van der Waals surface area contributed by atoms with Crippen molar-refractivity contribution in [2.24, 2.45) is 11.0 Å². The highest BCUT2D eigenvalue weighted by atomic mass is 32.2. The summed E-state index contributed by atoms with van der Waals surface area (Å²) in [5.74, 6) is -0.132. The van der Waals surface area contributed by atoms with Crippen LogP contribution in [-0.4, -0.2) is 43.4 Å². The third-order valence-electron chi connectivity index (χ3n) is 6.87. The van der Waals surface area contributed by atoms with E-state index < -0.39 is 10.0 Å². The van der Waals surface area contributed by atoms with Crippen molar-refractivity contribution in [3.63, 3.8) is 0 Å². The van der Waals surface area contributed by atoms with Gasteiger partial charge in [0.1, 0.15) is 0 Å². The lowest BCUT2D eigenvalue weighted by atomic mass is 9.77. The molecule has 0 bridgehead atoms. The van der Waals surface area contributed by atoms with E-state index in [9.17, 15) is 13.2 Å². The Hall–Kier alpha value is -3.55. The van der Waals surface area contributed by atoms with E-state index in [1.54, 1.807) is 17.1 Å². The molecule has 0 radical (unpaired) electrons. The average molecular weight is 500 g/mol. The van der Waals surface area contributed by atoms with E-state index in [0.717, 1.165) is 40.4 Å². The second-order valence-corrected chi connectivity index (χ2v) is 11.5. The SMILES string of the molecule is CN(C)S(=O)(=O)c1ccc(C(=O)N2N=C3/C(=C\c4ccccc4)CCC[C@H]3[C@H]2c2ccccc2)cc1. The standard InChI is InChI=1S/C29H29N3O3S/c1-31(2)36(34,35)25-18-16-23(17-19-25)29(33)32-28(22-12-7-4-8-13-22)26-15-9-14-24(27(26)30-32)20-21-10-5-3-6-11-21/h3-8,10-13,16-20,26,28H,9,14-15H2,1-2H3/b24-20-/t26-,28-/m1/s1. The summed E-state index contributed by atoms with van der Waals surface area (Å²) in [5.41, 5.74) is 4.71. The quantitative estimate of drug-likeness (QED) is 0.474. The van der Waals surface area contributed by atoms with Crippen LogP contribution in [-0.2, 0) is 10.0 Å². The number of hydrogen-bond acceptors (Lipinski definition) is 4. The van der Waals surface area contributed by atoms with Crippen LogP contribution in [0.4, 0.5) is 0 Å². The highest BCUT2D eigenvalue weighted by Gasteiger charge is 2.43. The monoisotopic (exact) mass is 499 g/mol. The zero-order valence-corrected chi connectivity index (χ0v) is 21.2. The molecule has 36 heavy (non-hydrogen) atoms. The molecule has 3 aromatic rings. The molecule has 1 amide bonds. The molecule has 2 aliphatic rings. The Morgan fingerprint density at radius 2 is 1.58 bits per heavy atom. The summed E-state index contributed by atoms with van der Waals surface area (Å²) in [6, 6.07) is 26.1. The van der Waals surface area contributed by atoms with Crippen LogP contribution < -0.4 is 0 Å². The number of sulfonamides is 1. The van der Waals surface area contributed by atoms with Crippen molar-refractivity contribution in [1.29, 1.82) is 0 Å². The van der Waals surface area contributed by atoms with Gasteiger partial charge in [-0.2, -0.15) is 5.10 Å². The van der Waals surface area contributed by atoms with E-state index in [2.05, 4.69) is 18.2 Å². The molecule has 1 saturated carbocycles. The van der Waals surface area contributed by atoms with Crippen LogP contribution in [0.3, 0.4) is 0 Å². The minimum atomic E-state index is -3.57. The highest BCUT2D eigenvalue weighted by molar-refractivity contribution is 7.89. The number of allylic oxidation sites excluding steroid dienone is 1. The number of carbonyl (C=O) groups excluding carboxylic acids is 1. The Labute approximate surface area is 212 Å². The van der Waals surface area contributed by atoms with E-state index >= 15 is 0 Å². The fraction of sp³-hybridized carbons (Fsp3) is 0.241. The summed E-state index contributed by atoms with van der Waals surface area (Å²) >= 11 is 0. The third kappa shape index (κ3) is 4.52. The second kappa shape index (κ2) is 9.84. The van der Waals surface area contributed by atoms with Gasteiger partial charge in [-0.3, -0.25) is 4.79 Å². The van der Waals surface area contributed by atoms with Gasteiger partial charge in [-0.15, -0.1) is 0 Å². The van der Waals surface area contributed by atoms with E-state index in [0.29, 0.717) is 5.56 Å². The smallest absolute Gasteiger partial charge is 0.267 e. The van der Waals surface area contributed by atoms with Gasteiger partial charge in [0.25, 0.3) is 5.91 Å². The van der Waals surface area contributed by atoms with E-state index in [4.69, 9.17) is 5.10 Å². The van der Waals surface area contributed by atoms with Crippen LogP contribution in [0.1, 0.15) is 46.8 Å². The van der Waals surface area contributed by atoms with Crippen LogP contribution in [0.2, 0.25) is 0 Å². The fourth-order valence-corrected chi connectivity index (χ4v) is 5.92. The number of hydrogen-bond donors (Lipinski definition) is 0. The summed E-state index contributed by atoms with van der Waals surface area (Å²) in [7, 11) is -0.598. The fourth-order valence-electron chi connectivity index (χ4n) is 5.01. The molecular formula is C29H29N3O3S. The van der Waals surface area contributed by atoms with Crippen LogP contribution in [0, 0.1) is 5.92 Å². The number of benzene rings is 3. The van der Waals surface area contributed by atoms with Gasteiger partial charge >= 0.3 is 0 Å². The summed E-state index contributed by atoms with van der Waals surface area (Å²) in [6.07, 6.45) is 5.09. The maximum Gasteiger partial charge on any atom is 0.274 e. The number of fused-ring (bicyclic) bond motifs is 1. The molecule has 0 N–H and O–H groups in total. The Bertz CT molecular complexity index is 1410. The minimum Gasteiger partial charge on any atom is -0.267 e. The van der Waals surface area contributed by atoms with Gasteiger partial charge in [-0.25, -0.2) is 17.7 Å². The van der Waals surface area contributed by atoms with Crippen molar-refractivity contribution in [3.05, 3.63) is 107 Å². The topological polar surface area (TPSA) is 70.1 Å². The van der Waals surface area contributed by atoms with Crippen molar-refractivity contribution in [2.75, 3.05) is 14.1 Å². The number of nitrogens with zero attached hydrogens (tertiary/aromatic N) is 3. The Balaban J connectivity index is 1.54. The molecule has 5 rings (SSSR count). The van der Waals surface area contributed by atoms with E-state index in [1.807, 2.05) is 48.5 Å². The zero-order chi connectivity index (χ0) is 25.3. The summed E-state index contributed by atoms with van der Waals surface area (Å²) in [5, 5.41) is 6.53. The first-order chi connectivity index (χ1) is 17.4. The van der Waals surface area contributed by atoms with Gasteiger partial charge in [-0.05, 0) is 66.3 Å². The molecule has 1 aliphatic carbocycles. The molecule has 0 aromatic heterocycles. The molecule has 1 heterocycles. The largest absolute Gasteiger partial charge is 0.274 e. The molecular weight excluding hydrogens is 470 g/mol. The predicted molar refractivity (Wildman–Crippen MR) is 142 cm³/mol. The van der Waals surface area contributed by atoms with Crippen molar-refractivity contribution < 1.29 is 13.2 Å². The molecule has 0 unspecified atom stereocenters. The molecule has 3 aromatic carbocycles. The normalized spacial score (nSPS) is 20.9. The molecule has 1 aliphatic heterocycles. The predicted octanol–water partition coefficient (Wildman–Crippen LogP) is 5.37. The van der Waals surface area contributed by atoms with Crippen molar-refractivity contribution in [3.8, 4) is 0 Å². The first kappa shape index (κ1) is 24.2. The number of rotatable bonds is 5. The van der Waals surface area contributed by atoms with Gasteiger partial charge in [0.15, 0.2) is 0 Å². The van der Waals surface area contributed by atoms with Gasteiger partial charge in [0.2, 0.25) is 10.0 Å². The maximum atomic E-state index is 13.8. The molecule has 0 spiro atoms. The first-order valence-electron chi connectivity index (χ1n) is 12.1. The Morgan fingerprint density at radius 1 is 0.944 bits per heavy atom. The Kier molecular flexibility index (Phi) is 6.60. The average Bonchev–Trinajstić information content (AvgIpc) is 3.30. The third-order valence-corrected chi connectivity index (χ3v) is 8.70.